The lowest BCUT2D eigenvalue weighted by Crippen LogP contribution is -2.19. The van der Waals surface area contributed by atoms with Crippen LogP contribution in [0.1, 0.15) is 22.8 Å². The molecule has 0 saturated carbocycles. The highest BCUT2D eigenvalue weighted by Crippen LogP contribution is 2.19. The monoisotopic (exact) mass is 333 g/mol. The van der Waals surface area contributed by atoms with Gasteiger partial charge in [-0.2, -0.15) is 0 Å². The van der Waals surface area contributed by atoms with Gasteiger partial charge in [-0.25, -0.2) is 4.79 Å². The Kier molecular flexibility index (Phi) is 5.09. The van der Waals surface area contributed by atoms with Gasteiger partial charge in [0, 0.05) is 12.3 Å². The quantitative estimate of drug-likeness (QED) is 0.668. The molecule has 4 heteroatoms. The van der Waals surface area contributed by atoms with Crippen molar-refractivity contribution in [1.29, 1.82) is 0 Å². The van der Waals surface area contributed by atoms with Gasteiger partial charge in [0.25, 0.3) is 5.56 Å². The van der Waals surface area contributed by atoms with E-state index in [-0.39, 0.29) is 11.5 Å². The van der Waals surface area contributed by atoms with Crippen LogP contribution in [0.5, 0.6) is 0 Å². The molecule has 0 bridgehead atoms. The minimum Gasteiger partial charge on any atom is -0.462 e. The second-order valence-corrected chi connectivity index (χ2v) is 5.67. The van der Waals surface area contributed by atoms with Gasteiger partial charge in [0.2, 0.25) is 0 Å². The lowest BCUT2D eigenvalue weighted by atomic mass is 10.1. The number of ether oxygens (including phenoxy) is 1. The van der Waals surface area contributed by atoms with E-state index >= 15 is 0 Å². The van der Waals surface area contributed by atoms with E-state index in [2.05, 4.69) is 0 Å². The molecular weight excluding hydrogens is 314 g/mol. The molecule has 0 aliphatic heterocycles. The first-order valence-electron chi connectivity index (χ1n) is 8.19. The third-order valence-corrected chi connectivity index (χ3v) is 3.91. The fraction of sp³-hybridized carbons (Fsp3) is 0.143. The van der Waals surface area contributed by atoms with Crippen molar-refractivity contribution in [2.45, 2.75) is 13.5 Å². The Labute approximate surface area is 146 Å². The van der Waals surface area contributed by atoms with Crippen molar-refractivity contribution < 1.29 is 9.53 Å². The number of rotatable bonds is 5. The summed E-state index contributed by atoms with van der Waals surface area (Å²) in [5, 5.41) is 0. The van der Waals surface area contributed by atoms with Crippen LogP contribution in [0.15, 0.2) is 77.7 Å². The molecule has 0 fully saturated rings. The van der Waals surface area contributed by atoms with Crippen LogP contribution in [-0.2, 0) is 11.3 Å². The van der Waals surface area contributed by atoms with Crippen LogP contribution in [0.3, 0.4) is 0 Å². The van der Waals surface area contributed by atoms with E-state index in [1.54, 1.807) is 35.8 Å². The van der Waals surface area contributed by atoms with E-state index < -0.39 is 0 Å². The summed E-state index contributed by atoms with van der Waals surface area (Å²) >= 11 is 0. The maximum absolute atomic E-state index is 12.1. The Hall–Kier alpha value is -3.14. The fourth-order valence-corrected chi connectivity index (χ4v) is 2.62. The molecule has 0 amide bonds. The van der Waals surface area contributed by atoms with Crippen molar-refractivity contribution in [2.75, 3.05) is 6.61 Å². The van der Waals surface area contributed by atoms with Gasteiger partial charge in [-0.3, -0.25) is 4.79 Å². The van der Waals surface area contributed by atoms with Gasteiger partial charge in [0.05, 0.1) is 18.7 Å². The summed E-state index contributed by atoms with van der Waals surface area (Å²) in [4.78, 5) is 23.9. The fourth-order valence-electron chi connectivity index (χ4n) is 2.62. The normalized spacial score (nSPS) is 10.4. The molecule has 0 atom stereocenters. The zero-order chi connectivity index (χ0) is 17.6. The standard InChI is InChI=1S/C21H19NO3/c1-2-25-21(24)18-10-8-17(9-11-18)19-12-13-20(23)22(15-19)14-16-6-4-3-5-7-16/h3-13,15H,2,14H2,1H3. The van der Waals surface area contributed by atoms with Crippen LogP contribution < -0.4 is 5.56 Å². The molecule has 1 aromatic heterocycles. The average molecular weight is 333 g/mol. The Balaban J connectivity index is 1.87. The molecule has 1 heterocycles. The maximum atomic E-state index is 12.1. The molecule has 3 aromatic rings. The molecule has 0 unspecified atom stereocenters. The summed E-state index contributed by atoms with van der Waals surface area (Å²) in [6.07, 6.45) is 1.84. The molecular formula is C21H19NO3. The van der Waals surface area contributed by atoms with Crippen LogP contribution in [-0.4, -0.2) is 17.1 Å². The van der Waals surface area contributed by atoms with E-state index in [4.69, 9.17) is 4.74 Å². The second kappa shape index (κ2) is 7.62. The van der Waals surface area contributed by atoms with Crippen LogP contribution in [0.25, 0.3) is 11.1 Å². The van der Waals surface area contributed by atoms with Crippen LogP contribution in [0.4, 0.5) is 0 Å². The molecule has 0 radical (unpaired) electrons. The predicted molar refractivity (Wildman–Crippen MR) is 97.6 cm³/mol. The van der Waals surface area contributed by atoms with Crippen molar-refractivity contribution in [3.05, 3.63) is 94.4 Å². The molecule has 25 heavy (non-hydrogen) atoms. The Morgan fingerprint density at radius 3 is 2.28 bits per heavy atom. The second-order valence-electron chi connectivity index (χ2n) is 5.67. The Morgan fingerprint density at radius 1 is 0.920 bits per heavy atom. The zero-order valence-electron chi connectivity index (χ0n) is 14.0. The van der Waals surface area contributed by atoms with E-state index in [0.29, 0.717) is 18.7 Å². The maximum Gasteiger partial charge on any atom is 0.338 e. The first-order chi connectivity index (χ1) is 12.2. The summed E-state index contributed by atoms with van der Waals surface area (Å²) < 4.78 is 6.67. The first kappa shape index (κ1) is 16.7. The highest BCUT2D eigenvalue weighted by Gasteiger charge is 2.07. The van der Waals surface area contributed by atoms with E-state index in [1.165, 1.54) is 0 Å². The third-order valence-electron chi connectivity index (χ3n) is 3.91. The van der Waals surface area contributed by atoms with Crippen LogP contribution in [0, 0.1) is 0 Å². The summed E-state index contributed by atoms with van der Waals surface area (Å²) in [5.74, 6) is -0.330. The van der Waals surface area contributed by atoms with Crippen molar-refractivity contribution in [2.24, 2.45) is 0 Å². The Bertz CT molecular complexity index is 912. The minimum atomic E-state index is -0.330. The molecule has 2 aromatic carbocycles. The summed E-state index contributed by atoms with van der Waals surface area (Å²) in [5.41, 5.74) is 3.40. The number of benzene rings is 2. The molecule has 126 valence electrons. The predicted octanol–water partition coefficient (Wildman–Crippen LogP) is 3.74. The number of aromatic nitrogens is 1. The van der Waals surface area contributed by atoms with Gasteiger partial charge < -0.3 is 9.30 Å². The van der Waals surface area contributed by atoms with E-state index in [9.17, 15) is 9.59 Å². The summed E-state index contributed by atoms with van der Waals surface area (Å²) in [6.45, 7) is 2.65. The highest BCUT2D eigenvalue weighted by molar-refractivity contribution is 5.90. The summed E-state index contributed by atoms with van der Waals surface area (Å²) in [7, 11) is 0. The van der Waals surface area contributed by atoms with Gasteiger partial charge >= 0.3 is 5.97 Å². The number of carbonyl (C=O) groups excluding carboxylic acids is 1. The SMILES string of the molecule is CCOC(=O)c1ccc(-c2ccc(=O)n(Cc3ccccc3)c2)cc1. The third kappa shape index (κ3) is 4.04. The number of hydrogen-bond donors (Lipinski definition) is 0. The topological polar surface area (TPSA) is 48.3 Å². The van der Waals surface area contributed by atoms with Crippen LogP contribution in [0.2, 0.25) is 0 Å². The van der Waals surface area contributed by atoms with Crippen molar-refractivity contribution >= 4 is 5.97 Å². The van der Waals surface area contributed by atoms with Gasteiger partial charge in [-0.15, -0.1) is 0 Å². The van der Waals surface area contributed by atoms with Gasteiger partial charge in [-0.1, -0.05) is 42.5 Å². The van der Waals surface area contributed by atoms with Crippen molar-refractivity contribution in [3.63, 3.8) is 0 Å². The number of pyridine rings is 1. The van der Waals surface area contributed by atoms with Gasteiger partial charge in [-0.05, 0) is 41.8 Å². The Morgan fingerprint density at radius 2 is 1.60 bits per heavy atom. The molecule has 0 saturated heterocycles. The van der Waals surface area contributed by atoms with E-state index in [1.807, 2.05) is 48.7 Å². The lowest BCUT2D eigenvalue weighted by molar-refractivity contribution is 0.0526. The highest BCUT2D eigenvalue weighted by atomic mass is 16.5. The molecule has 0 aliphatic rings. The molecule has 0 N–H and O–H groups in total. The molecule has 4 nitrogen and oxygen atoms in total. The van der Waals surface area contributed by atoms with Crippen molar-refractivity contribution in [3.8, 4) is 11.1 Å². The molecule has 0 aliphatic carbocycles. The largest absolute Gasteiger partial charge is 0.462 e. The van der Waals surface area contributed by atoms with Crippen molar-refractivity contribution in [1.82, 2.24) is 4.57 Å². The average Bonchev–Trinajstić information content (AvgIpc) is 2.65. The lowest BCUT2D eigenvalue weighted by Gasteiger charge is -2.09. The number of esters is 1. The minimum absolute atomic E-state index is 0.0456. The van der Waals surface area contributed by atoms with Crippen LogP contribution >= 0.6 is 0 Å². The summed E-state index contributed by atoms with van der Waals surface area (Å²) in [6, 6.07) is 20.4. The van der Waals surface area contributed by atoms with E-state index in [0.717, 1.165) is 16.7 Å². The molecule has 0 spiro atoms. The first-order valence-corrected chi connectivity index (χ1v) is 8.19. The smallest absolute Gasteiger partial charge is 0.338 e. The number of carbonyl (C=O) groups is 1. The number of hydrogen-bond acceptors (Lipinski definition) is 3. The zero-order valence-corrected chi connectivity index (χ0v) is 14.0. The number of nitrogens with zero attached hydrogens (tertiary/aromatic N) is 1. The molecule has 3 rings (SSSR count). The van der Waals surface area contributed by atoms with Gasteiger partial charge in [0.15, 0.2) is 0 Å². The van der Waals surface area contributed by atoms with Gasteiger partial charge in [0.1, 0.15) is 0 Å².